The van der Waals surface area contributed by atoms with Gasteiger partial charge in [-0.1, -0.05) is 6.92 Å². The molecule has 21 heavy (non-hydrogen) atoms. The number of aromatic nitrogens is 3. The van der Waals surface area contributed by atoms with Crippen LogP contribution in [0, 0.1) is 0 Å². The molecule has 0 aromatic carbocycles. The first-order valence-electron chi connectivity index (χ1n) is 6.87. The van der Waals surface area contributed by atoms with Gasteiger partial charge in [0.2, 0.25) is 10.0 Å². The predicted octanol–water partition coefficient (Wildman–Crippen LogP) is 0.379. The van der Waals surface area contributed by atoms with E-state index < -0.39 is 10.0 Å². The lowest BCUT2D eigenvalue weighted by molar-refractivity contribution is 0.580. The van der Waals surface area contributed by atoms with Gasteiger partial charge in [0.1, 0.15) is 5.82 Å². The predicted molar refractivity (Wildman–Crippen MR) is 80.3 cm³/mol. The molecule has 0 radical (unpaired) electrons. The summed E-state index contributed by atoms with van der Waals surface area (Å²) in [5, 5.41) is 3.14. The first-order valence-corrected chi connectivity index (χ1v) is 8.35. The fourth-order valence-electron chi connectivity index (χ4n) is 1.95. The van der Waals surface area contributed by atoms with Crippen molar-refractivity contribution in [3.63, 3.8) is 0 Å². The number of hydrogen-bond donors (Lipinski definition) is 3. The number of H-pyrrole nitrogens is 1. The summed E-state index contributed by atoms with van der Waals surface area (Å²) in [7, 11) is -1.59. The van der Waals surface area contributed by atoms with Crippen molar-refractivity contribution in [3.8, 4) is 0 Å². The van der Waals surface area contributed by atoms with Crippen LogP contribution < -0.4 is 10.0 Å². The Bertz CT molecular complexity index is 674. The minimum Gasteiger partial charge on any atom is -0.363 e. The molecule has 0 unspecified atom stereocenters. The van der Waals surface area contributed by atoms with Crippen LogP contribution in [-0.2, 0) is 30.0 Å². The third-order valence-electron chi connectivity index (χ3n) is 3.15. The van der Waals surface area contributed by atoms with Gasteiger partial charge in [0.05, 0.1) is 4.90 Å². The fourth-order valence-corrected chi connectivity index (χ4v) is 3.00. The number of rotatable bonds is 8. The zero-order valence-corrected chi connectivity index (χ0v) is 13.1. The molecule has 3 N–H and O–H groups in total. The molecule has 2 aromatic rings. The number of hydrogen-bond acceptors (Lipinski definition) is 4. The molecule has 0 aliphatic rings. The van der Waals surface area contributed by atoms with Crippen LogP contribution in [0.15, 0.2) is 29.6 Å². The molecule has 0 aliphatic heterocycles. The normalized spacial score (nSPS) is 11.9. The summed E-state index contributed by atoms with van der Waals surface area (Å²) in [5.41, 5.74) is 0.848. The van der Waals surface area contributed by atoms with E-state index in [4.69, 9.17) is 0 Å². The smallest absolute Gasteiger partial charge is 0.242 e. The van der Waals surface area contributed by atoms with Gasteiger partial charge in [-0.15, -0.1) is 0 Å². The quantitative estimate of drug-likeness (QED) is 0.657. The lowest BCUT2D eigenvalue weighted by Gasteiger charge is -2.05. The van der Waals surface area contributed by atoms with Gasteiger partial charge in [-0.3, -0.25) is 0 Å². The average molecular weight is 311 g/mol. The molecule has 116 valence electrons. The van der Waals surface area contributed by atoms with Crippen LogP contribution in [0.2, 0.25) is 0 Å². The Morgan fingerprint density at radius 3 is 2.90 bits per heavy atom. The fraction of sp³-hybridized carbons (Fsp3) is 0.462. The monoisotopic (exact) mass is 311 g/mol. The summed E-state index contributed by atoms with van der Waals surface area (Å²) in [4.78, 5) is 7.38. The molecule has 0 bridgehead atoms. The summed E-state index contributed by atoms with van der Waals surface area (Å²) >= 11 is 0. The molecule has 0 spiro atoms. The molecule has 0 aliphatic carbocycles. The van der Waals surface area contributed by atoms with E-state index in [9.17, 15) is 8.42 Å². The Hall–Kier alpha value is -1.64. The molecule has 0 fully saturated rings. The van der Waals surface area contributed by atoms with Crippen LogP contribution in [0.25, 0.3) is 0 Å². The van der Waals surface area contributed by atoms with Crippen LogP contribution in [0.5, 0.6) is 0 Å². The number of aromatic amines is 1. The number of sulfonamides is 1. The van der Waals surface area contributed by atoms with Gasteiger partial charge in [0.15, 0.2) is 0 Å². The molecule has 0 saturated heterocycles. The van der Waals surface area contributed by atoms with E-state index in [0.29, 0.717) is 19.5 Å². The number of nitrogens with zero attached hydrogens (tertiary/aromatic N) is 2. The summed E-state index contributed by atoms with van der Waals surface area (Å²) < 4.78 is 28.8. The second kappa shape index (κ2) is 6.88. The van der Waals surface area contributed by atoms with E-state index >= 15 is 0 Å². The molecule has 0 atom stereocenters. The van der Waals surface area contributed by atoms with E-state index in [1.165, 1.54) is 6.20 Å². The Morgan fingerprint density at radius 1 is 1.43 bits per heavy atom. The largest absolute Gasteiger partial charge is 0.363 e. The van der Waals surface area contributed by atoms with Crippen molar-refractivity contribution in [1.82, 2.24) is 24.6 Å². The summed E-state index contributed by atoms with van der Waals surface area (Å²) in [5.74, 6) is 0.847. The highest BCUT2D eigenvalue weighted by Gasteiger charge is 2.15. The van der Waals surface area contributed by atoms with Gasteiger partial charge in [-0.2, -0.15) is 0 Å². The zero-order valence-electron chi connectivity index (χ0n) is 12.3. The van der Waals surface area contributed by atoms with Crippen molar-refractivity contribution in [3.05, 3.63) is 36.2 Å². The SMILES string of the molecule is CCNCc1cc(S(=O)(=O)NCCc2nccn2C)c[nH]1. The molecular weight excluding hydrogens is 290 g/mol. The minimum absolute atomic E-state index is 0.259. The van der Waals surface area contributed by atoms with Gasteiger partial charge in [0, 0.05) is 50.8 Å². The molecule has 7 nitrogen and oxygen atoms in total. The Morgan fingerprint density at radius 2 is 2.24 bits per heavy atom. The Kier molecular flexibility index (Phi) is 5.16. The van der Waals surface area contributed by atoms with Crippen LogP contribution in [0.3, 0.4) is 0 Å². The van der Waals surface area contributed by atoms with E-state index in [2.05, 4.69) is 20.0 Å². The molecule has 2 rings (SSSR count). The van der Waals surface area contributed by atoms with Gasteiger partial charge in [-0.05, 0) is 12.6 Å². The van der Waals surface area contributed by atoms with Crippen molar-refractivity contribution in [2.24, 2.45) is 7.05 Å². The summed E-state index contributed by atoms with van der Waals surface area (Å²) in [6.45, 7) is 3.78. The second-order valence-corrected chi connectivity index (χ2v) is 6.51. The maximum Gasteiger partial charge on any atom is 0.242 e. The highest BCUT2D eigenvalue weighted by atomic mass is 32.2. The summed E-state index contributed by atoms with van der Waals surface area (Å²) in [6.07, 6.45) is 5.60. The maximum absolute atomic E-state index is 12.2. The van der Waals surface area contributed by atoms with Crippen molar-refractivity contribution in [1.29, 1.82) is 0 Å². The topological polar surface area (TPSA) is 91.8 Å². The van der Waals surface area contributed by atoms with Gasteiger partial charge < -0.3 is 14.9 Å². The lowest BCUT2D eigenvalue weighted by atomic mass is 10.4. The van der Waals surface area contributed by atoms with Crippen LogP contribution in [-0.4, -0.2) is 36.0 Å². The number of aryl methyl sites for hydroxylation is 1. The van der Waals surface area contributed by atoms with Crippen LogP contribution in [0.4, 0.5) is 0 Å². The lowest BCUT2D eigenvalue weighted by Crippen LogP contribution is -2.26. The first-order chi connectivity index (χ1) is 10.0. The molecule has 2 aromatic heterocycles. The van der Waals surface area contributed by atoms with Gasteiger partial charge in [0.25, 0.3) is 0 Å². The number of imidazole rings is 1. The van der Waals surface area contributed by atoms with Crippen molar-refractivity contribution < 1.29 is 8.42 Å². The Balaban J connectivity index is 1.92. The maximum atomic E-state index is 12.2. The third-order valence-corrected chi connectivity index (χ3v) is 4.59. The van der Waals surface area contributed by atoms with E-state index in [1.54, 1.807) is 12.3 Å². The Labute approximate surface area is 124 Å². The molecule has 0 saturated carbocycles. The molecule has 8 heteroatoms. The van der Waals surface area contributed by atoms with Crippen LogP contribution in [0.1, 0.15) is 18.4 Å². The van der Waals surface area contributed by atoms with Crippen molar-refractivity contribution in [2.75, 3.05) is 13.1 Å². The standard InChI is InChI=1S/C13H21N5O2S/c1-3-14-9-11-8-12(10-16-11)21(19,20)17-5-4-13-15-6-7-18(13)2/h6-8,10,14,16-17H,3-5,9H2,1-2H3. The van der Waals surface area contributed by atoms with E-state index in [1.807, 2.05) is 24.7 Å². The molecule has 2 heterocycles. The highest BCUT2D eigenvalue weighted by Crippen LogP contribution is 2.10. The van der Waals surface area contributed by atoms with Crippen LogP contribution >= 0.6 is 0 Å². The van der Waals surface area contributed by atoms with E-state index in [-0.39, 0.29) is 4.90 Å². The molecule has 0 amide bonds. The number of nitrogens with one attached hydrogen (secondary N) is 3. The zero-order chi connectivity index (χ0) is 15.3. The third kappa shape index (κ3) is 4.16. The second-order valence-electron chi connectivity index (χ2n) is 4.74. The van der Waals surface area contributed by atoms with Crippen molar-refractivity contribution >= 4 is 10.0 Å². The minimum atomic E-state index is -3.48. The van der Waals surface area contributed by atoms with E-state index in [0.717, 1.165) is 18.1 Å². The first kappa shape index (κ1) is 15.7. The van der Waals surface area contributed by atoms with Gasteiger partial charge in [-0.25, -0.2) is 18.1 Å². The van der Waals surface area contributed by atoms with Crippen molar-refractivity contribution in [2.45, 2.75) is 24.8 Å². The molecular formula is C13H21N5O2S. The summed E-state index contributed by atoms with van der Waals surface area (Å²) in [6, 6.07) is 1.64. The highest BCUT2D eigenvalue weighted by molar-refractivity contribution is 7.89. The van der Waals surface area contributed by atoms with Gasteiger partial charge >= 0.3 is 0 Å². The average Bonchev–Trinajstić information content (AvgIpc) is 3.06.